The average molecular weight is 424 g/mol. The molecule has 0 unspecified atom stereocenters. The predicted molar refractivity (Wildman–Crippen MR) is 116 cm³/mol. The van der Waals surface area contributed by atoms with Crippen LogP contribution in [0.2, 0.25) is 5.15 Å². The predicted octanol–water partition coefficient (Wildman–Crippen LogP) is 4.78. The Labute approximate surface area is 179 Å². The Balaban J connectivity index is 1.68. The summed E-state index contributed by atoms with van der Waals surface area (Å²) in [7, 11) is 3.49. The fourth-order valence-electron chi connectivity index (χ4n) is 3.04. The van der Waals surface area contributed by atoms with E-state index < -0.39 is 6.09 Å². The number of carbonyl (C=O) groups is 1. The van der Waals surface area contributed by atoms with E-state index in [9.17, 15) is 4.79 Å². The first-order valence-electron chi connectivity index (χ1n) is 9.63. The maximum Gasteiger partial charge on any atom is 0.426 e. The van der Waals surface area contributed by atoms with Gasteiger partial charge in [-0.2, -0.15) is 0 Å². The van der Waals surface area contributed by atoms with Crippen molar-refractivity contribution in [2.45, 2.75) is 6.54 Å². The zero-order valence-electron chi connectivity index (χ0n) is 17.4. The molecule has 0 saturated carbocycles. The lowest BCUT2D eigenvalue weighted by molar-refractivity contribution is 0.203. The van der Waals surface area contributed by atoms with E-state index in [1.54, 1.807) is 37.4 Å². The second-order valence-electron chi connectivity index (χ2n) is 6.57. The van der Waals surface area contributed by atoms with E-state index in [-0.39, 0.29) is 17.1 Å². The number of imidazole rings is 1. The highest BCUT2D eigenvalue weighted by Gasteiger charge is 2.19. The van der Waals surface area contributed by atoms with Gasteiger partial charge in [0, 0.05) is 19.7 Å². The summed E-state index contributed by atoms with van der Waals surface area (Å²) in [4.78, 5) is 23.1. The quantitative estimate of drug-likeness (QED) is 0.430. The first-order valence-corrected chi connectivity index (χ1v) is 9.51. The van der Waals surface area contributed by atoms with Gasteiger partial charge in [-0.3, -0.25) is 0 Å². The molecule has 0 atom stereocenters. The minimum absolute atomic E-state index is 0.162. The zero-order chi connectivity index (χ0) is 22.0. The van der Waals surface area contributed by atoms with Gasteiger partial charge in [0.15, 0.2) is 5.65 Å². The molecule has 8 heteroatoms. The zero-order valence-corrected chi connectivity index (χ0v) is 17.1. The van der Waals surface area contributed by atoms with Gasteiger partial charge in [-0.15, -0.1) is 0 Å². The summed E-state index contributed by atoms with van der Waals surface area (Å²) < 4.78 is 19.8. The van der Waals surface area contributed by atoms with Crippen molar-refractivity contribution in [2.75, 3.05) is 19.1 Å². The van der Waals surface area contributed by atoms with E-state index in [1.807, 2.05) is 42.3 Å². The van der Waals surface area contributed by atoms with Crippen molar-refractivity contribution < 1.29 is 15.6 Å². The van der Waals surface area contributed by atoms with Crippen LogP contribution in [-0.4, -0.2) is 34.8 Å². The van der Waals surface area contributed by atoms with E-state index >= 15 is 0 Å². The van der Waals surface area contributed by atoms with Crippen molar-refractivity contribution in [2.24, 2.45) is 0 Å². The van der Waals surface area contributed by atoms with Gasteiger partial charge >= 0.3 is 6.09 Å². The summed E-state index contributed by atoms with van der Waals surface area (Å²) >= 11 is 6.25. The van der Waals surface area contributed by atoms with Crippen LogP contribution >= 0.6 is 11.6 Å². The molecule has 0 aliphatic rings. The fourth-order valence-corrected chi connectivity index (χ4v) is 3.22. The molecule has 0 N–H and O–H groups in total. The van der Waals surface area contributed by atoms with Crippen LogP contribution in [0.3, 0.4) is 0 Å². The van der Waals surface area contributed by atoms with Crippen LogP contribution in [0.4, 0.5) is 10.5 Å². The molecule has 0 spiro atoms. The van der Waals surface area contributed by atoms with Crippen LogP contribution < -0.4 is 14.4 Å². The normalized spacial score (nSPS) is 11.2. The number of benzene rings is 2. The number of methoxy groups -OCH3 is 1. The number of para-hydroxylation sites is 1. The molecule has 0 bridgehead atoms. The van der Waals surface area contributed by atoms with Crippen molar-refractivity contribution in [3.05, 3.63) is 77.7 Å². The first kappa shape index (κ1) is 18.4. The molecular weight excluding hydrogens is 404 g/mol. The number of ether oxygens (including phenoxy) is 2. The summed E-state index contributed by atoms with van der Waals surface area (Å²) in [5.41, 5.74) is 2.23. The molecular formula is C22H19ClN4O3. The van der Waals surface area contributed by atoms with Gasteiger partial charge in [-0.05, 0) is 29.8 Å². The number of nitrogens with zero attached hydrogens (tertiary/aromatic N) is 4. The van der Waals surface area contributed by atoms with E-state index in [0.717, 1.165) is 15.9 Å². The molecule has 0 radical (unpaired) electrons. The smallest absolute Gasteiger partial charge is 0.426 e. The van der Waals surface area contributed by atoms with Gasteiger partial charge in [0.25, 0.3) is 0 Å². The SMILES string of the molecule is [2H]c1nc2c(N(C)Cc3ccc(OC)cc3)cc(Cl)nc2n1C(=O)Oc1ccccc1. The second kappa shape index (κ2) is 8.42. The van der Waals surface area contributed by atoms with Crippen LogP contribution in [0.15, 0.2) is 67.0 Å². The lowest BCUT2D eigenvalue weighted by Gasteiger charge is -2.20. The largest absolute Gasteiger partial charge is 0.497 e. The second-order valence-corrected chi connectivity index (χ2v) is 6.96. The molecule has 0 amide bonds. The number of anilines is 1. The lowest BCUT2D eigenvalue weighted by Crippen LogP contribution is -2.18. The number of hydrogen-bond donors (Lipinski definition) is 0. The molecule has 4 rings (SSSR count). The van der Waals surface area contributed by atoms with Crippen LogP contribution in [-0.2, 0) is 6.54 Å². The van der Waals surface area contributed by atoms with Gasteiger partial charge in [0.1, 0.15) is 29.8 Å². The monoisotopic (exact) mass is 423 g/mol. The molecule has 152 valence electrons. The summed E-state index contributed by atoms with van der Waals surface area (Å²) in [6, 6.07) is 17.9. The average Bonchev–Trinajstić information content (AvgIpc) is 3.10. The standard InChI is InChI=1S/C22H19ClN4O3/c1-26(13-15-8-10-16(29-2)11-9-15)18-12-19(23)25-21-20(18)24-14-27(21)22(28)30-17-6-4-3-5-7-17/h3-12,14H,13H2,1-2H3/i14D. The number of fused-ring (bicyclic) bond motifs is 1. The van der Waals surface area contributed by atoms with Gasteiger partial charge in [0.2, 0.25) is 0 Å². The van der Waals surface area contributed by atoms with Gasteiger partial charge in [-0.25, -0.2) is 19.3 Å². The van der Waals surface area contributed by atoms with Crippen molar-refractivity contribution in [3.63, 3.8) is 0 Å². The third-order valence-electron chi connectivity index (χ3n) is 4.52. The topological polar surface area (TPSA) is 69.5 Å². The first-order chi connectivity index (χ1) is 15.0. The van der Waals surface area contributed by atoms with E-state index in [4.69, 9.17) is 22.4 Å². The Morgan fingerprint density at radius 3 is 2.60 bits per heavy atom. The van der Waals surface area contributed by atoms with Gasteiger partial charge in [0.05, 0.1) is 12.8 Å². The maximum absolute atomic E-state index is 12.7. The molecule has 30 heavy (non-hydrogen) atoms. The van der Waals surface area contributed by atoms with Crippen LogP contribution in [0.25, 0.3) is 11.2 Å². The summed E-state index contributed by atoms with van der Waals surface area (Å²) in [6.07, 6.45) is -1.07. The number of carbonyl (C=O) groups excluding carboxylic acids is 1. The van der Waals surface area contributed by atoms with Gasteiger partial charge < -0.3 is 14.4 Å². The summed E-state index contributed by atoms with van der Waals surface area (Å²) in [6.45, 7) is 0.550. The Morgan fingerprint density at radius 2 is 1.90 bits per heavy atom. The Morgan fingerprint density at radius 1 is 1.17 bits per heavy atom. The molecule has 2 aromatic heterocycles. The maximum atomic E-state index is 12.7. The highest BCUT2D eigenvalue weighted by atomic mass is 35.5. The molecule has 0 saturated heterocycles. The highest BCUT2D eigenvalue weighted by molar-refractivity contribution is 6.30. The summed E-state index contributed by atoms with van der Waals surface area (Å²) in [5, 5.41) is 0.178. The fraction of sp³-hybridized carbons (Fsp3) is 0.136. The molecule has 0 fully saturated rings. The van der Waals surface area contributed by atoms with Gasteiger partial charge in [-0.1, -0.05) is 41.9 Å². The minimum atomic E-state index is -0.780. The number of rotatable bonds is 5. The van der Waals surface area contributed by atoms with Crippen molar-refractivity contribution in [1.29, 1.82) is 0 Å². The summed E-state index contributed by atoms with van der Waals surface area (Å²) in [5.74, 6) is 1.13. The van der Waals surface area contributed by atoms with Crippen LogP contribution in [0.1, 0.15) is 6.93 Å². The van der Waals surface area contributed by atoms with Crippen LogP contribution in [0, 0.1) is 0 Å². The Hall–Kier alpha value is -3.58. The molecule has 0 aliphatic heterocycles. The van der Waals surface area contributed by atoms with Crippen molar-refractivity contribution in [1.82, 2.24) is 14.5 Å². The number of halogens is 1. The number of pyridine rings is 1. The Kier molecular flexibility index (Phi) is 5.18. The third kappa shape index (κ3) is 4.06. The highest BCUT2D eigenvalue weighted by Crippen LogP contribution is 2.28. The van der Waals surface area contributed by atoms with E-state index in [2.05, 4.69) is 9.97 Å². The van der Waals surface area contributed by atoms with E-state index in [0.29, 0.717) is 23.5 Å². The Bertz CT molecular complexity index is 1230. The number of hydrogen-bond acceptors (Lipinski definition) is 6. The van der Waals surface area contributed by atoms with Crippen LogP contribution in [0.5, 0.6) is 11.5 Å². The third-order valence-corrected chi connectivity index (χ3v) is 4.71. The molecule has 0 aliphatic carbocycles. The molecule has 2 heterocycles. The molecule has 7 nitrogen and oxygen atoms in total. The molecule has 4 aromatic rings. The lowest BCUT2D eigenvalue weighted by atomic mass is 10.2. The van der Waals surface area contributed by atoms with E-state index in [1.165, 1.54) is 0 Å². The van der Waals surface area contributed by atoms with Crippen molar-refractivity contribution >= 4 is 34.5 Å². The van der Waals surface area contributed by atoms with Crippen molar-refractivity contribution in [3.8, 4) is 11.5 Å². The molecule has 2 aromatic carbocycles. The number of aromatic nitrogens is 3. The minimum Gasteiger partial charge on any atom is -0.497 e.